The van der Waals surface area contributed by atoms with E-state index in [0.717, 1.165) is 18.5 Å². The lowest BCUT2D eigenvalue weighted by Crippen LogP contribution is -2.20. The molecule has 1 aromatic heterocycles. The molecule has 0 unspecified atom stereocenters. The lowest BCUT2D eigenvalue weighted by atomic mass is 9.79. The van der Waals surface area contributed by atoms with E-state index in [4.69, 9.17) is 10.7 Å². The largest absolute Gasteiger partial charge is 0.399 e. The molecule has 0 fully saturated rings. The fraction of sp³-hybridized carbons (Fsp3) is 0.438. The Bertz CT molecular complexity index is 581. The fourth-order valence-electron chi connectivity index (χ4n) is 2.64. The zero-order valence-electron chi connectivity index (χ0n) is 11.6. The van der Waals surface area contributed by atoms with Crippen LogP contribution in [0.2, 0.25) is 0 Å². The molecule has 2 aromatic rings. The maximum absolute atomic E-state index is 5.72. The number of aryl methyl sites for hydroxylation is 1. The van der Waals surface area contributed by atoms with Gasteiger partial charge >= 0.3 is 0 Å². The van der Waals surface area contributed by atoms with E-state index < -0.39 is 0 Å². The van der Waals surface area contributed by atoms with Gasteiger partial charge in [0.2, 0.25) is 0 Å². The molecular formula is C16H20N2S. The topological polar surface area (TPSA) is 38.9 Å². The van der Waals surface area contributed by atoms with Crippen molar-refractivity contribution in [3.05, 3.63) is 45.4 Å². The van der Waals surface area contributed by atoms with Gasteiger partial charge in [0.25, 0.3) is 0 Å². The Balaban J connectivity index is 1.80. The Labute approximate surface area is 118 Å². The minimum Gasteiger partial charge on any atom is -0.399 e. The molecule has 0 saturated heterocycles. The average molecular weight is 272 g/mol. The second-order valence-corrected chi connectivity index (χ2v) is 7.40. The number of anilines is 1. The number of hydrogen-bond acceptors (Lipinski definition) is 3. The van der Waals surface area contributed by atoms with Crippen LogP contribution in [0.1, 0.15) is 41.4 Å². The quantitative estimate of drug-likeness (QED) is 0.844. The normalized spacial score (nSPS) is 17.2. The van der Waals surface area contributed by atoms with E-state index in [-0.39, 0.29) is 0 Å². The lowest BCUT2D eigenvalue weighted by molar-refractivity contribution is 0.316. The fourth-order valence-corrected chi connectivity index (χ4v) is 4.04. The van der Waals surface area contributed by atoms with E-state index in [0.29, 0.717) is 5.41 Å². The number of benzene rings is 1. The maximum atomic E-state index is 5.72. The molecular weight excluding hydrogens is 252 g/mol. The van der Waals surface area contributed by atoms with Gasteiger partial charge in [0.1, 0.15) is 0 Å². The SMILES string of the molecule is CC1(C)CCc2nc(Cc3ccc(N)cc3)sc2C1. The van der Waals surface area contributed by atoms with Crippen LogP contribution in [0, 0.1) is 5.41 Å². The predicted octanol–water partition coefficient (Wildman–Crippen LogP) is 3.83. The molecule has 100 valence electrons. The number of aromatic nitrogens is 1. The monoisotopic (exact) mass is 272 g/mol. The summed E-state index contributed by atoms with van der Waals surface area (Å²) in [5.74, 6) is 0. The summed E-state index contributed by atoms with van der Waals surface area (Å²) in [5, 5.41) is 1.24. The summed E-state index contributed by atoms with van der Waals surface area (Å²) in [6, 6.07) is 8.12. The van der Waals surface area contributed by atoms with Gasteiger partial charge in [-0.3, -0.25) is 0 Å². The number of thiazole rings is 1. The van der Waals surface area contributed by atoms with Gasteiger partial charge in [0.15, 0.2) is 0 Å². The predicted molar refractivity (Wildman–Crippen MR) is 81.6 cm³/mol. The first-order chi connectivity index (χ1) is 9.02. The Hall–Kier alpha value is -1.35. The molecule has 1 aliphatic rings. The van der Waals surface area contributed by atoms with Crippen molar-refractivity contribution in [2.24, 2.45) is 5.41 Å². The van der Waals surface area contributed by atoms with Crippen LogP contribution in [-0.2, 0) is 19.3 Å². The van der Waals surface area contributed by atoms with Crippen molar-refractivity contribution in [1.29, 1.82) is 0 Å². The molecule has 3 rings (SSSR count). The molecule has 1 aliphatic carbocycles. The summed E-state index contributed by atoms with van der Waals surface area (Å²) in [4.78, 5) is 6.32. The van der Waals surface area contributed by atoms with Crippen LogP contribution in [-0.4, -0.2) is 4.98 Å². The summed E-state index contributed by atoms with van der Waals surface area (Å²) in [6.07, 6.45) is 4.51. The van der Waals surface area contributed by atoms with Crippen LogP contribution in [0.3, 0.4) is 0 Å². The minimum absolute atomic E-state index is 0.442. The van der Waals surface area contributed by atoms with Gasteiger partial charge in [-0.25, -0.2) is 4.98 Å². The third-order valence-electron chi connectivity index (χ3n) is 3.84. The Morgan fingerprint density at radius 1 is 1.26 bits per heavy atom. The Morgan fingerprint density at radius 2 is 2.00 bits per heavy atom. The van der Waals surface area contributed by atoms with Crippen molar-refractivity contribution in [1.82, 2.24) is 4.98 Å². The molecule has 0 saturated carbocycles. The van der Waals surface area contributed by atoms with Gasteiger partial charge in [-0.1, -0.05) is 26.0 Å². The van der Waals surface area contributed by atoms with E-state index in [1.807, 2.05) is 23.5 Å². The highest BCUT2D eigenvalue weighted by atomic mass is 32.1. The molecule has 2 nitrogen and oxygen atoms in total. The lowest BCUT2D eigenvalue weighted by Gasteiger charge is -2.28. The van der Waals surface area contributed by atoms with Crippen molar-refractivity contribution in [2.45, 2.75) is 39.5 Å². The maximum Gasteiger partial charge on any atom is 0.0974 e. The van der Waals surface area contributed by atoms with Crippen molar-refractivity contribution < 1.29 is 0 Å². The number of nitrogens with zero attached hydrogens (tertiary/aromatic N) is 1. The molecule has 2 N–H and O–H groups in total. The van der Waals surface area contributed by atoms with Gasteiger partial charge in [-0.15, -0.1) is 11.3 Å². The van der Waals surface area contributed by atoms with Crippen LogP contribution in [0.15, 0.2) is 24.3 Å². The average Bonchev–Trinajstić information content (AvgIpc) is 2.72. The van der Waals surface area contributed by atoms with E-state index >= 15 is 0 Å². The zero-order valence-corrected chi connectivity index (χ0v) is 12.4. The van der Waals surface area contributed by atoms with Crippen molar-refractivity contribution in [3.8, 4) is 0 Å². The summed E-state index contributed by atoms with van der Waals surface area (Å²) in [6.45, 7) is 4.71. The smallest absolute Gasteiger partial charge is 0.0974 e. The number of hydrogen-bond donors (Lipinski definition) is 1. The van der Waals surface area contributed by atoms with Crippen LogP contribution >= 0.6 is 11.3 Å². The molecule has 3 heteroatoms. The molecule has 19 heavy (non-hydrogen) atoms. The van der Waals surface area contributed by atoms with Crippen LogP contribution in [0.4, 0.5) is 5.69 Å². The number of nitrogen functional groups attached to an aromatic ring is 1. The van der Waals surface area contributed by atoms with E-state index in [2.05, 4.69) is 26.0 Å². The van der Waals surface area contributed by atoms with Crippen molar-refractivity contribution >= 4 is 17.0 Å². The van der Waals surface area contributed by atoms with Crippen molar-refractivity contribution in [2.75, 3.05) is 5.73 Å². The standard InChI is InChI=1S/C16H20N2S/c1-16(2)8-7-13-14(10-16)19-15(18-13)9-11-3-5-12(17)6-4-11/h3-6H,7-10,17H2,1-2H3. The number of nitrogens with two attached hydrogens (primary N) is 1. The van der Waals surface area contributed by atoms with E-state index in [9.17, 15) is 0 Å². The van der Waals surface area contributed by atoms with E-state index in [1.165, 1.54) is 34.0 Å². The van der Waals surface area contributed by atoms with Gasteiger partial charge in [-0.05, 0) is 42.4 Å². The number of fused-ring (bicyclic) bond motifs is 1. The summed E-state index contributed by atoms with van der Waals surface area (Å²) in [5.41, 5.74) is 9.62. The molecule has 1 heterocycles. The highest BCUT2D eigenvalue weighted by Gasteiger charge is 2.27. The third kappa shape index (κ3) is 2.81. The van der Waals surface area contributed by atoms with Crippen LogP contribution < -0.4 is 5.73 Å². The van der Waals surface area contributed by atoms with Crippen LogP contribution in [0.25, 0.3) is 0 Å². The van der Waals surface area contributed by atoms with Gasteiger partial charge in [-0.2, -0.15) is 0 Å². The van der Waals surface area contributed by atoms with Gasteiger partial charge in [0, 0.05) is 17.0 Å². The second-order valence-electron chi connectivity index (χ2n) is 6.24. The Morgan fingerprint density at radius 3 is 2.74 bits per heavy atom. The molecule has 0 radical (unpaired) electrons. The van der Waals surface area contributed by atoms with Crippen LogP contribution in [0.5, 0.6) is 0 Å². The highest BCUT2D eigenvalue weighted by molar-refractivity contribution is 7.11. The van der Waals surface area contributed by atoms with Gasteiger partial charge in [0.05, 0.1) is 10.7 Å². The molecule has 0 amide bonds. The van der Waals surface area contributed by atoms with Crippen molar-refractivity contribution in [3.63, 3.8) is 0 Å². The molecule has 0 aliphatic heterocycles. The second kappa shape index (κ2) is 4.64. The molecule has 0 atom stereocenters. The first kappa shape index (κ1) is 12.7. The zero-order chi connectivity index (χ0) is 13.5. The molecule has 1 aromatic carbocycles. The summed E-state index contributed by atoms with van der Waals surface area (Å²) < 4.78 is 0. The highest BCUT2D eigenvalue weighted by Crippen LogP contribution is 2.37. The summed E-state index contributed by atoms with van der Waals surface area (Å²) in [7, 11) is 0. The molecule has 0 bridgehead atoms. The van der Waals surface area contributed by atoms with E-state index in [1.54, 1.807) is 0 Å². The summed E-state index contributed by atoms with van der Waals surface area (Å²) >= 11 is 1.89. The first-order valence-corrected chi connectivity index (χ1v) is 7.65. The number of rotatable bonds is 2. The first-order valence-electron chi connectivity index (χ1n) is 6.84. The third-order valence-corrected chi connectivity index (χ3v) is 4.93. The van der Waals surface area contributed by atoms with Gasteiger partial charge < -0.3 is 5.73 Å². The Kier molecular flexibility index (Phi) is 3.09. The molecule has 0 spiro atoms. The minimum atomic E-state index is 0.442.